The quantitative estimate of drug-likeness (QED) is 0.00675. The van der Waals surface area contributed by atoms with Gasteiger partial charge in [0, 0.05) is 168 Å². The number of halogens is 4. The molecular formula is C79H118F2I2N15O19S2+. The van der Waals surface area contributed by atoms with E-state index in [9.17, 15) is 41.8 Å². The molecule has 7 aromatic rings. The van der Waals surface area contributed by atoms with Crippen molar-refractivity contribution in [3.63, 3.8) is 0 Å². The van der Waals surface area contributed by atoms with Gasteiger partial charge in [0.05, 0.1) is 80.3 Å². The molecule has 3 aliphatic carbocycles. The highest BCUT2D eigenvalue weighted by Crippen LogP contribution is 2.38. The number of aliphatic imine (C=N–C) groups is 1. The van der Waals surface area contributed by atoms with Crippen LogP contribution < -0.4 is 19.9 Å². The number of hydrogen-bond donors (Lipinski definition) is 5. The zero-order valence-corrected chi connectivity index (χ0v) is 75.6. The van der Waals surface area contributed by atoms with Crippen molar-refractivity contribution in [3.8, 4) is 47.2 Å². The van der Waals surface area contributed by atoms with Crippen LogP contribution in [0.2, 0.25) is 0 Å². The Labute approximate surface area is 725 Å². The number of benzene rings is 2. The van der Waals surface area contributed by atoms with Crippen LogP contribution in [0.5, 0.6) is 18.0 Å². The van der Waals surface area contributed by atoms with Crippen molar-refractivity contribution in [1.82, 2.24) is 59.2 Å². The van der Waals surface area contributed by atoms with Gasteiger partial charge in [0.1, 0.15) is 23.0 Å². The van der Waals surface area contributed by atoms with Gasteiger partial charge in [-0.25, -0.2) is 47.1 Å². The molecule has 3 saturated carbocycles. The van der Waals surface area contributed by atoms with Gasteiger partial charge in [-0.2, -0.15) is 15.0 Å². The third-order valence-corrected chi connectivity index (χ3v) is 18.2. The Morgan fingerprint density at radius 2 is 1.12 bits per heavy atom. The fourth-order valence-corrected chi connectivity index (χ4v) is 11.7. The standard InChI is InChI=1S/C20H21FN4O2.C12H17N3O2.C9H9FNO2S.C8H12N2O2S.C8H15NO3.C6H6N2O2.C6H13NO.C5H13NO2.C4H8O3.CH4.I2/c1-27-20-22-11-10-17(24-20)19-18(13-2-4-14(21)5-3-13)23-12-25(19)15-6-8-16(26)9-7-15;1-17-12-13-7-6-10(15-12)8-14-9-2-4-11(16)5-3-9;1-11-9(14(2,12)13)7-3-5-8(10)6-4-7;1-11-7(12-2)6-4-5-9-8(10-6)13-3;1-9(2)6-5-7(10)8(11-3)12-4;1-10-6-7-3-2-5(4-9)8-6;7-5-1-3-6(8)4-2-5;1-6(2)5(7-3)8-4;1-3(5)4(6)7-2;;1-2/h2-5,10-12,15-16,26H,6-9H2,1H3;6-9,11,16H,2-5H2,1H3;1,3-6,9H,2H3;4-5,7H,1-3H3;5-6,8H,1-4H3;2-4H,1H3;5-6,8H,1-4,7H2;5H,1-4H3;4,6H,1-2H3;1H4;/q;;+1;;;;;;;;/b;;;;6-5+;;;;;;. The SMILES string of the molecule is C.C#[N+]C(c1ccc(F)cc1)S(C)(=O)=O.COC(O)C(C)=O.COC(OC)C(=O)/C=C/N(C)C.COC(OC)N(C)C.COC(OC)c1ccnc(SC)n1.COc1nccc(-c2c(-c3ccc(F)cc3)ncn2C2CCC(O)CC2)n1.COc1nccc(C=NC2CCC(O)CC2)n1.COc1nccc(C=O)n1.II.NC1CCC(O)CC1. The van der Waals surface area contributed by atoms with E-state index >= 15 is 0 Å². The van der Waals surface area contributed by atoms with Crippen molar-refractivity contribution in [3.05, 3.63) is 155 Å². The van der Waals surface area contributed by atoms with E-state index in [1.807, 2.05) is 51.7 Å². The first-order valence-corrected chi connectivity index (χ1v) is 45.8. The largest absolute Gasteiger partial charge is 0.467 e. The number of Topliss-reactive ketones (excluding diaryl/α,β-unsaturated/α-hetero) is 1. The first kappa shape index (κ1) is 111. The molecule has 662 valence electrons. The molecule has 3 fully saturated rings. The minimum atomic E-state index is -3.39. The number of carbonyl (C=O) groups is 3. The molecule has 0 bridgehead atoms. The van der Waals surface area contributed by atoms with Crippen molar-refractivity contribution < 1.29 is 99.4 Å². The fraction of sp³-hybridized carbons (Fsp3) is 0.519. The van der Waals surface area contributed by atoms with Crippen molar-refractivity contribution in [2.45, 2.75) is 164 Å². The summed E-state index contributed by atoms with van der Waals surface area (Å²) in [5, 5.41) is 36.2. The molecule has 2 atom stereocenters. The summed E-state index contributed by atoms with van der Waals surface area (Å²) >= 11 is 5.73. The Morgan fingerprint density at radius 1 is 0.647 bits per heavy atom. The van der Waals surface area contributed by atoms with Crippen molar-refractivity contribution in [2.75, 3.05) is 112 Å². The van der Waals surface area contributed by atoms with Crippen LogP contribution in [0.1, 0.15) is 137 Å². The van der Waals surface area contributed by atoms with Gasteiger partial charge in [-0.1, -0.05) is 24.0 Å². The molecule has 5 heterocycles. The molecule has 2 unspecified atom stereocenters. The van der Waals surface area contributed by atoms with Crippen LogP contribution >= 0.6 is 49.0 Å². The summed E-state index contributed by atoms with van der Waals surface area (Å²) in [5.74, 6) is -1.29. The van der Waals surface area contributed by atoms with Crippen molar-refractivity contribution in [1.29, 1.82) is 0 Å². The maximum absolute atomic E-state index is 13.4. The lowest BCUT2D eigenvalue weighted by atomic mass is 9.92. The van der Waals surface area contributed by atoms with E-state index in [-0.39, 0.29) is 67.6 Å². The Hall–Kier alpha value is -7.82. The van der Waals surface area contributed by atoms with Crippen molar-refractivity contribution >= 4 is 82.9 Å². The lowest BCUT2D eigenvalue weighted by Gasteiger charge is -2.27. The second-order valence-electron chi connectivity index (χ2n) is 25.7. The first-order chi connectivity index (χ1) is 56.4. The summed E-state index contributed by atoms with van der Waals surface area (Å²) < 4.78 is 98.8. The Kier molecular flexibility index (Phi) is 59.9. The number of aromatic nitrogens is 10. The molecule has 0 radical (unpaired) electrons. The predicted molar refractivity (Wildman–Crippen MR) is 468 cm³/mol. The molecule has 5 aromatic heterocycles. The van der Waals surface area contributed by atoms with Crippen LogP contribution in [0.25, 0.3) is 27.5 Å². The molecule has 6 N–H and O–H groups in total. The molecule has 10 rings (SSSR count). The number of hydrogen-bond acceptors (Lipinski definition) is 33. The summed E-state index contributed by atoms with van der Waals surface area (Å²) in [6, 6.07) is 19.9. The van der Waals surface area contributed by atoms with E-state index in [2.05, 4.69) is 106 Å². The number of nitrogens with two attached hydrogens (primary N) is 1. The lowest BCUT2D eigenvalue weighted by molar-refractivity contribution is -0.179. The Morgan fingerprint density at radius 3 is 1.53 bits per heavy atom. The summed E-state index contributed by atoms with van der Waals surface area (Å²) in [6.45, 7) is 6.24. The van der Waals surface area contributed by atoms with Gasteiger partial charge in [-0.3, -0.25) is 24.3 Å². The number of thioether (sulfide) groups is 1. The van der Waals surface area contributed by atoms with Crippen LogP contribution in [-0.4, -0.2) is 273 Å². The summed E-state index contributed by atoms with van der Waals surface area (Å²) in [4.78, 5) is 79.6. The number of imidazole rings is 1. The topological polar surface area (TPSA) is 429 Å². The van der Waals surface area contributed by atoms with Gasteiger partial charge >= 0.3 is 23.4 Å². The number of sulfone groups is 1. The monoisotopic (exact) mass is 1940 g/mol. The number of methoxy groups -OCH3 is 10. The second kappa shape index (κ2) is 64.1. The van der Waals surface area contributed by atoms with Crippen molar-refractivity contribution in [2.24, 2.45) is 10.7 Å². The van der Waals surface area contributed by atoms with Crippen LogP contribution in [0.3, 0.4) is 0 Å². The maximum Gasteiger partial charge on any atom is 0.393 e. The molecule has 119 heavy (non-hydrogen) atoms. The minimum absolute atomic E-state index is 0. The van der Waals surface area contributed by atoms with E-state index in [1.54, 1.807) is 95.7 Å². The van der Waals surface area contributed by atoms with Gasteiger partial charge in [-0.15, -0.1) is 0 Å². The van der Waals surface area contributed by atoms with E-state index in [0.29, 0.717) is 41.3 Å². The summed E-state index contributed by atoms with van der Waals surface area (Å²) in [5.41, 5.74) is 10.9. The minimum Gasteiger partial charge on any atom is -0.467 e. The Bertz CT molecular complexity index is 4110. The molecule has 0 saturated heterocycles. The van der Waals surface area contributed by atoms with Gasteiger partial charge < -0.3 is 83.0 Å². The number of ether oxygens (including phenoxy) is 10. The molecule has 34 nitrogen and oxygen atoms in total. The van der Waals surface area contributed by atoms with E-state index in [4.69, 9.17) is 60.4 Å². The highest BCUT2D eigenvalue weighted by molar-refractivity contribution is 15.0. The van der Waals surface area contributed by atoms with Crippen LogP contribution in [0.15, 0.2) is 126 Å². The van der Waals surface area contributed by atoms with Gasteiger partial charge in [0.2, 0.25) is 40.9 Å². The lowest BCUT2D eigenvalue weighted by Crippen LogP contribution is -2.30. The predicted octanol–water partition coefficient (Wildman–Crippen LogP) is 11.0. The fourth-order valence-electron chi connectivity index (χ4n) is 10.5. The zero-order chi connectivity index (χ0) is 88.7. The summed E-state index contributed by atoms with van der Waals surface area (Å²) in [7, 11) is 19.0. The third kappa shape index (κ3) is 45.1. The highest BCUT2D eigenvalue weighted by atomic mass is 128. The molecule has 2 aromatic carbocycles. The number of nitrogens with zero attached hydrogens (tertiary/aromatic N) is 14. The molecule has 3 aliphatic rings. The Balaban J connectivity index is 0.00000136. The first-order valence-electron chi connectivity index (χ1n) is 36.4. The van der Waals surface area contributed by atoms with E-state index in [0.717, 1.165) is 117 Å². The molecule has 0 spiro atoms. The number of carbonyl (C=O) groups excluding carboxylic acids is 3. The van der Waals surface area contributed by atoms with Crippen LogP contribution in [0, 0.1) is 18.2 Å². The molecule has 0 aliphatic heterocycles. The number of rotatable bonds is 25. The second-order valence-corrected chi connectivity index (χ2v) is 28.6. The van der Waals surface area contributed by atoms with Crippen LogP contribution in [0.4, 0.5) is 8.78 Å². The average molecular weight is 1940 g/mol. The maximum atomic E-state index is 13.4. The number of aliphatic hydroxyl groups excluding tert-OH is 4. The normalized spacial score (nSPS) is 16.9. The van der Waals surface area contributed by atoms with Crippen LogP contribution in [-0.2, 0) is 52.6 Å². The van der Waals surface area contributed by atoms with E-state index < -0.39 is 39.9 Å². The smallest absolute Gasteiger partial charge is 0.393 e. The molecule has 0 amide bonds. The van der Waals surface area contributed by atoms with Gasteiger partial charge in [0.25, 0.3) is 6.57 Å². The van der Waals surface area contributed by atoms with E-state index in [1.165, 1.54) is 109 Å². The number of aldehydes is 1. The zero-order valence-electron chi connectivity index (χ0n) is 69.6. The van der Waals surface area contributed by atoms with Gasteiger partial charge in [-0.05, 0) is 177 Å². The number of aliphatic hydroxyl groups is 4. The highest BCUT2D eigenvalue weighted by Gasteiger charge is 2.32. The third-order valence-electron chi connectivity index (χ3n) is 16.4. The molecular weight excluding hydrogens is 1820 g/mol. The summed E-state index contributed by atoms with van der Waals surface area (Å²) in [6.07, 6.45) is 24.3. The average Bonchev–Trinajstić information content (AvgIpc) is 1.63. The number of ketones is 2. The molecule has 40 heteroatoms. The van der Waals surface area contributed by atoms with Gasteiger partial charge in [0.15, 0.2) is 17.2 Å².